The first-order valence-electron chi connectivity index (χ1n) is 8.82. The quantitative estimate of drug-likeness (QED) is 0.788. The zero-order valence-electron chi connectivity index (χ0n) is 14.7. The van der Waals surface area contributed by atoms with Crippen molar-refractivity contribution in [1.29, 1.82) is 0 Å². The number of nitrogens with one attached hydrogen (secondary N) is 2. The second-order valence-electron chi connectivity index (χ2n) is 6.66. The van der Waals surface area contributed by atoms with E-state index < -0.39 is 0 Å². The van der Waals surface area contributed by atoms with E-state index >= 15 is 0 Å². The zero-order valence-corrected chi connectivity index (χ0v) is 15.5. The first-order chi connectivity index (χ1) is 12.7. The number of methoxy groups -OCH3 is 1. The van der Waals surface area contributed by atoms with Crippen LogP contribution < -0.4 is 24.8 Å². The van der Waals surface area contributed by atoms with Gasteiger partial charge in [-0.1, -0.05) is 25.0 Å². The van der Waals surface area contributed by atoms with Crippen LogP contribution in [-0.4, -0.2) is 19.0 Å². The van der Waals surface area contributed by atoms with Gasteiger partial charge in [-0.3, -0.25) is 0 Å². The third-order valence-electron chi connectivity index (χ3n) is 5.08. The van der Waals surface area contributed by atoms with E-state index in [1.165, 1.54) is 18.4 Å². The standard InChI is InChI=1S/C20H22N2O3S/c1-23-16-7-4-14(5-8-16)20(10-2-3-11-20)22-19(26)21-15-6-9-17-18(12-15)25-13-24-17/h4-9,12H,2-3,10-11,13H2,1H3,(H2,21,22,26). The van der Waals surface area contributed by atoms with Gasteiger partial charge in [0.25, 0.3) is 0 Å². The number of thiocarbonyl (C=S) groups is 1. The van der Waals surface area contributed by atoms with Crippen molar-refractivity contribution in [3.63, 3.8) is 0 Å². The second-order valence-corrected chi connectivity index (χ2v) is 7.07. The van der Waals surface area contributed by atoms with E-state index in [-0.39, 0.29) is 12.3 Å². The Labute approximate surface area is 158 Å². The van der Waals surface area contributed by atoms with Crippen molar-refractivity contribution in [3.05, 3.63) is 48.0 Å². The Morgan fingerprint density at radius 3 is 2.50 bits per heavy atom. The van der Waals surface area contributed by atoms with E-state index in [9.17, 15) is 0 Å². The van der Waals surface area contributed by atoms with E-state index in [0.717, 1.165) is 35.8 Å². The number of ether oxygens (including phenoxy) is 3. The molecule has 1 saturated carbocycles. The van der Waals surface area contributed by atoms with Crippen LogP contribution in [0, 0.1) is 0 Å². The largest absolute Gasteiger partial charge is 0.497 e. The van der Waals surface area contributed by atoms with Gasteiger partial charge in [0.1, 0.15) is 5.75 Å². The molecular weight excluding hydrogens is 348 g/mol. The lowest BCUT2D eigenvalue weighted by molar-refractivity contribution is 0.174. The van der Waals surface area contributed by atoms with Crippen molar-refractivity contribution in [3.8, 4) is 17.2 Å². The molecule has 0 bridgehead atoms. The van der Waals surface area contributed by atoms with Gasteiger partial charge in [-0.25, -0.2) is 0 Å². The van der Waals surface area contributed by atoms with Crippen LogP contribution in [0.5, 0.6) is 17.2 Å². The molecule has 26 heavy (non-hydrogen) atoms. The van der Waals surface area contributed by atoms with Crippen molar-refractivity contribution in [2.75, 3.05) is 19.2 Å². The molecule has 1 aliphatic carbocycles. The molecule has 0 aromatic heterocycles. The fourth-order valence-electron chi connectivity index (χ4n) is 3.73. The Morgan fingerprint density at radius 2 is 1.77 bits per heavy atom. The topological polar surface area (TPSA) is 51.8 Å². The fraction of sp³-hybridized carbons (Fsp3) is 0.350. The Kier molecular flexibility index (Phi) is 4.59. The van der Waals surface area contributed by atoms with E-state index in [1.54, 1.807) is 7.11 Å². The minimum absolute atomic E-state index is 0.132. The summed E-state index contributed by atoms with van der Waals surface area (Å²) in [5, 5.41) is 7.46. The third kappa shape index (κ3) is 3.29. The summed E-state index contributed by atoms with van der Waals surface area (Å²) < 4.78 is 16.1. The number of anilines is 1. The van der Waals surface area contributed by atoms with Crippen LogP contribution in [0.4, 0.5) is 5.69 Å². The Morgan fingerprint density at radius 1 is 1.04 bits per heavy atom. The van der Waals surface area contributed by atoms with Gasteiger partial charge in [0.15, 0.2) is 16.6 Å². The van der Waals surface area contributed by atoms with E-state index in [1.807, 2.05) is 30.3 Å². The first kappa shape index (κ1) is 17.0. The highest BCUT2D eigenvalue weighted by Crippen LogP contribution is 2.39. The molecule has 0 saturated heterocycles. The van der Waals surface area contributed by atoms with Gasteiger partial charge in [0.2, 0.25) is 6.79 Å². The molecule has 2 aromatic carbocycles. The SMILES string of the molecule is COc1ccc(C2(NC(=S)Nc3ccc4c(c3)OCO4)CCCC2)cc1. The van der Waals surface area contributed by atoms with Crippen LogP contribution in [0.25, 0.3) is 0 Å². The van der Waals surface area contributed by atoms with Crippen molar-refractivity contribution >= 4 is 23.0 Å². The summed E-state index contributed by atoms with van der Waals surface area (Å²) in [5.74, 6) is 2.37. The lowest BCUT2D eigenvalue weighted by Crippen LogP contribution is -2.45. The predicted molar refractivity (Wildman–Crippen MR) is 105 cm³/mol. The van der Waals surface area contributed by atoms with E-state index in [0.29, 0.717) is 5.11 Å². The fourth-order valence-corrected chi connectivity index (χ4v) is 4.04. The zero-order chi connectivity index (χ0) is 18.0. The number of fused-ring (bicyclic) bond motifs is 1. The summed E-state index contributed by atoms with van der Waals surface area (Å²) in [6, 6.07) is 14.0. The summed E-state index contributed by atoms with van der Waals surface area (Å²) in [5.41, 5.74) is 1.99. The van der Waals surface area contributed by atoms with Crippen molar-refractivity contribution in [2.45, 2.75) is 31.2 Å². The number of benzene rings is 2. The number of rotatable bonds is 4. The minimum Gasteiger partial charge on any atom is -0.497 e. The Balaban J connectivity index is 1.50. The maximum absolute atomic E-state index is 5.60. The highest BCUT2D eigenvalue weighted by atomic mass is 32.1. The third-order valence-corrected chi connectivity index (χ3v) is 5.29. The predicted octanol–water partition coefficient (Wildman–Crippen LogP) is 4.18. The lowest BCUT2D eigenvalue weighted by Gasteiger charge is -2.32. The summed E-state index contributed by atoms with van der Waals surface area (Å²) in [7, 11) is 1.68. The molecule has 2 N–H and O–H groups in total. The molecule has 1 aliphatic heterocycles. The summed E-state index contributed by atoms with van der Waals surface area (Å²) in [6.45, 7) is 0.266. The summed E-state index contributed by atoms with van der Waals surface area (Å²) >= 11 is 5.60. The minimum atomic E-state index is -0.132. The molecule has 6 heteroatoms. The van der Waals surface area contributed by atoms with E-state index in [4.69, 9.17) is 26.4 Å². The highest BCUT2D eigenvalue weighted by molar-refractivity contribution is 7.80. The van der Waals surface area contributed by atoms with Crippen LogP contribution in [0.15, 0.2) is 42.5 Å². The molecule has 0 spiro atoms. The monoisotopic (exact) mass is 370 g/mol. The van der Waals surface area contributed by atoms with Crippen LogP contribution in [-0.2, 0) is 5.54 Å². The molecule has 0 amide bonds. The number of hydrogen-bond acceptors (Lipinski definition) is 4. The molecule has 2 aromatic rings. The molecule has 1 heterocycles. The van der Waals surface area contributed by atoms with Gasteiger partial charge < -0.3 is 24.8 Å². The molecule has 4 rings (SSSR count). The van der Waals surface area contributed by atoms with Gasteiger partial charge in [-0.2, -0.15) is 0 Å². The maximum atomic E-state index is 5.60. The average Bonchev–Trinajstić information content (AvgIpc) is 3.31. The highest BCUT2D eigenvalue weighted by Gasteiger charge is 2.36. The normalized spacial score (nSPS) is 17.0. The average molecular weight is 370 g/mol. The second kappa shape index (κ2) is 7.03. The smallest absolute Gasteiger partial charge is 0.231 e. The van der Waals surface area contributed by atoms with Gasteiger partial charge in [-0.05, 0) is 54.9 Å². The van der Waals surface area contributed by atoms with Crippen molar-refractivity contribution < 1.29 is 14.2 Å². The first-order valence-corrected chi connectivity index (χ1v) is 9.23. The molecule has 2 aliphatic rings. The van der Waals surface area contributed by atoms with Gasteiger partial charge in [0, 0.05) is 11.8 Å². The van der Waals surface area contributed by atoms with Crippen LogP contribution in [0.2, 0.25) is 0 Å². The molecule has 136 valence electrons. The summed E-state index contributed by atoms with van der Waals surface area (Å²) in [6.07, 6.45) is 4.49. The maximum Gasteiger partial charge on any atom is 0.231 e. The molecular formula is C20H22N2O3S. The molecule has 0 radical (unpaired) electrons. The lowest BCUT2D eigenvalue weighted by atomic mass is 9.88. The Bertz CT molecular complexity index is 801. The van der Waals surface area contributed by atoms with Crippen LogP contribution in [0.3, 0.4) is 0 Å². The Hall–Kier alpha value is -2.47. The molecule has 0 atom stereocenters. The van der Waals surface area contributed by atoms with E-state index in [2.05, 4.69) is 22.8 Å². The van der Waals surface area contributed by atoms with Crippen molar-refractivity contribution in [1.82, 2.24) is 5.32 Å². The summed E-state index contributed by atoms with van der Waals surface area (Å²) in [4.78, 5) is 0. The van der Waals surface area contributed by atoms with Crippen LogP contribution >= 0.6 is 12.2 Å². The number of hydrogen-bond donors (Lipinski definition) is 2. The molecule has 1 fully saturated rings. The van der Waals surface area contributed by atoms with Crippen LogP contribution in [0.1, 0.15) is 31.2 Å². The van der Waals surface area contributed by atoms with Crippen molar-refractivity contribution in [2.24, 2.45) is 0 Å². The van der Waals surface area contributed by atoms with Gasteiger partial charge in [-0.15, -0.1) is 0 Å². The van der Waals surface area contributed by atoms with Gasteiger partial charge >= 0.3 is 0 Å². The van der Waals surface area contributed by atoms with Gasteiger partial charge in [0.05, 0.1) is 12.6 Å². The molecule has 5 nitrogen and oxygen atoms in total. The molecule has 0 unspecified atom stereocenters.